The second-order valence-electron chi connectivity index (χ2n) is 4.97. The average Bonchev–Trinajstić information content (AvgIpc) is 2.50. The molecule has 3 rings (SSSR count). The summed E-state index contributed by atoms with van der Waals surface area (Å²) in [6.07, 6.45) is 0. The van der Waals surface area contributed by atoms with Crippen LogP contribution in [0.5, 0.6) is 5.75 Å². The Kier molecular flexibility index (Phi) is 3.42. The van der Waals surface area contributed by atoms with E-state index < -0.39 is 5.97 Å². The van der Waals surface area contributed by atoms with Crippen molar-refractivity contribution in [3.05, 3.63) is 53.6 Å². The Balaban J connectivity index is 1.97. The number of benzene rings is 2. The molecule has 0 aliphatic carbocycles. The number of hydrogen-bond donors (Lipinski definition) is 2. The van der Waals surface area contributed by atoms with Crippen LogP contribution in [0.15, 0.2) is 42.5 Å². The van der Waals surface area contributed by atoms with Gasteiger partial charge in [0.05, 0.1) is 17.8 Å². The third-order valence-corrected chi connectivity index (χ3v) is 3.47. The van der Waals surface area contributed by atoms with Crippen LogP contribution in [0, 0.1) is 0 Å². The maximum Gasteiger partial charge on any atom is 0.335 e. The van der Waals surface area contributed by atoms with Crippen molar-refractivity contribution in [1.82, 2.24) is 0 Å². The smallest absolute Gasteiger partial charge is 0.335 e. The van der Waals surface area contributed by atoms with Gasteiger partial charge in [0.15, 0.2) is 6.61 Å². The number of carboxylic acid groups (broad SMARTS) is 1. The molecule has 6 nitrogen and oxygen atoms in total. The van der Waals surface area contributed by atoms with Crippen molar-refractivity contribution in [1.29, 1.82) is 0 Å². The van der Waals surface area contributed by atoms with Crippen LogP contribution in [0.3, 0.4) is 0 Å². The summed E-state index contributed by atoms with van der Waals surface area (Å²) in [7, 11) is 0. The lowest BCUT2D eigenvalue weighted by molar-refractivity contribution is -0.121. The number of aromatic carboxylic acids is 1. The van der Waals surface area contributed by atoms with Gasteiger partial charge >= 0.3 is 5.97 Å². The van der Waals surface area contributed by atoms with Gasteiger partial charge in [0, 0.05) is 0 Å². The second kappa shape index (κ2) is 5.40. The molecule has 0 unspecified atom stereocenters. The first-order chi connectivity index (χ1) is 10.6. The zero-order valence-electron chi connectivity index (χ0n) is 11.7. The molecule has 0 saturated carbocycles. The van der Waals surface area contributed by atoms with E-state index >= 15 is 0 Å². The Hall–Kier alpha value is -3.02. The lowest BCUT2D eigenvalue weighted by Crippen LogP contribution is -2.38. The number of para-hydroxylation sites is 1. The Morgan fingerprint density at radius 3 is 2.82 bits per heavy atom. The minimum Gasteiger partial charge on any atom is -0.481 e. The van der Waals surface area contributed by atoms with E-state index in [1.165, 1.54) is 11.0 Å². The van der Waals surface area contributed by atoms with Crippen molar-refractivity contribution >= 4 is 23.3 Å². The number of rotatable bonds is 3. The van der Waals surface area contributed by atoms with Crippen LogP contribution < -0.4 is 15.4 Å². The van der Waals surface area contributed by atoms with Gasteiger partial charge in [0.2, 0.25) is 0 Å². The van der Waals surface area contributed by atoms with Gasteiger partial charge in [0.1, 0.15) is 11.4 Å². The fourth-order valence-corrected chi connectivity index (χ4v) is 2.44. The van der Waals surface area contributed by atoms with Gasteiger partial charge in [0.25, 0.3) is 5.91 Å². The Morgan fingerprint density at radius 2 is 2.05 bits per heavy atom. The van der Waals surface area contributed by atoms with Crippen molar-refractivity contribution in [3.8, 4) is 5.75 Å². The van der Waals surface area contributed by atoms with Crippen LogP contribution in [0.25, 0.3) is 0 Å². The second-order valence-corrected chi connectivity index (χ2v) is 4.97. The molecule has 0 saturated heterocycles. The van der Waals surface area contributed by atoms with E-state index in [4.69, 9.17) is 15.6 Å². The largest absolute Gasteiger partial charge is 0.481 e. The SMILES string of the molecule is Nc1cccc2c1N(Cc1cccc(C(=O)O)c1)C(=O)CO2. The van der Waals surface area contributed by atoms with Gasteiger partial charge < -0.3 is 15.6 Å². The molecule has 1 amide bonds. The molecule has 1 aliphatic heterocycles. The number of nitrogens with zero attached hydrogens (tertiary/aromatic N) is 1. The lowest BCUT2D eigenvalue weighted by atomic mass is 10.1. The number of ether oxygens (including phenoxy) is 1. The summed E-state index contributed by atoms with van der Waals surface area (Å²) in [6, 6.07) is 11.7. The summed E-state index contributed by atoms with van der Waals surface area (Å²) in [6.45, 7) is 0.180. The Bertz CT molecular complexity index is 758. The Labute approximate surface area is 126 Å². The number of carbonyl (C=O) groups is 2. The van der Waals surface area contributed by atoms with E-state index in [0.29, 0.717) is 22.7 Å². The predicted octanol–water partition coefficient (Wildman–Crippen LogP) is 1.89. The number of nitrogens with two attached hydrogens (primary N) is 1. The number of fused-ring (bicyclic) bond motifs is 1. The fourth-order valence-electron chi connectivity index (χ4n) is 2.44. The third kappa shape index (κ3) is 2.46. The highest BCUT2D eigenvalue weighted by atomic mass is 16.5. The molecule has 112 valence electrons. The van der Waals surface area contributed by atoms with Crippen LogP contribution in [0.1, 0.15) is 15.9 Å². The standard InChI is InChI=1S/C16H14N2O4/c17-12-5-2-6-13-15(12)18(14(19)9-22-13)8-10-3-1-4-11(7-10)16(20)21/h1-7H,8-9,17H2,(H,20,21). The molecular weight excluding hydrogens is 284 g/mol. The summed E-state index contributed by atoms with van der Waals surface area (Å²) in [5, 5.41) is 9.05. The first-order valence-corrected chi connectivity index (χ1v) is 6.70. The molecule has 3 N–H and O–H groups in total. The van der Waals surface area contributed by atoms with Gasteiger partial charge in [-0.1, -0.05) is 18.2 Å². The van der Waals surface area contributed by atoms with Crippen molar-refractivity contribution in [2.75, 3.05) is 17.2 Å². The first-order valence-electron chi connectivity index (χ1n) is 6.70. The van der Waals surface area contributed by atoms with Gasteiger partial charge in [-0.3, -0.25) is 9.69 Å². The number of anilines is 2. The summed E-state index contributed by atoms with van der Waals surface area (Å²) in [5.41, 5.74) is 7.82. The molecule has 0 spiro atoms. The fraction of sp³-hybridized carbons (Fsp3) is 0.125. The number of nitrogen functional groups attached to an aromatic ring is 1. The highest BCUT2D eigenvalue weighted by Gasteiger charge is 2.27. The van der Waals surface area contributed by atoms with Gasteiger partial charge in [-0.15, -0.1) is 0 Å². The van der Waals surface area contributed by atoms with Crippen LogP contribution in [-0.2, 0) is 11.3 Å². The van der Waals surface area contributed by atoms with E-state index in [9.17, 15) is 9.59 Å². The molecule has 0 atom stereocenters. The first kappa shape index (κ1) is 13.9. The van der Waals surface area contributed by atoms with Crippen LogP contribution in [0.2, 0.25) is 0 Å². The molecular formula is C16H14N2O4. The molecule has 0 bridgehead atoms. The Morgan fingerprint density at radius 1 is 1.27 bits per heavy atom. The molecule has 1 aliphatic rings. The van der Waals surface area contributed by atoms with Crippen molar-refractivity contribution in [2.45, 2.75) is 6.54 Å². The van der Waals surface area contributed by atoms with Gasteiger partial charge in [-0.05, 0) is 29.8 Å². The van der Waals surface area contributed by atoms with E-state index in [-0.39, 0.29) is 24.6 Å². The molecule has 6 heteroatoms. The highest BCUT2D eigenvalue weighted by molar-refractivity contribution is 6.01. The van der Waals surface area contributed by atoms with Crippen LogP contribution in [-0.4, -0.2) is 23.6 Å². The summed E-state index contributed by atoms with van der Waals surface area (Å²) < 4.78 is 5.38. The maximum absolute atomic E-state index is 12.2. The van der Waals surface area contributed by atoms with Gasteiger partial charge in [-0.2, -0.15) is 0 Å². The van der Waals surface area contributed by atoms with Crippen molar-refractivity contribution in [3.63, 3.8) is 0 Å². The lowest BCUT2D eigenvalue weighted by Gasteiger charge is -2.30. The minimum absolute atomic E-state index is 0.0604. The topological polar surface area (TPSA) is 92.9 Å². The number of carbonyl (C=O) groups excluding carboxylic acids is 1. The number of amides is 1. The zero-order valence-corrected chi connectivity index (χ0v) is 11.7. The normalized spacial score (nSPS) is 13.5. The zero-order chi connectivity index (χ0) is 15.7. The third-order valence-electron chi connectivity index (χ3n) is 3.47. The molecule has 22 heavy (non-hydrogen) atoms. The van der Waals surface area contributed by atoms with E-state index in [1.807, 2.05) is 0 Å². The molecule has 2 aromatic carbocycles. The quantitative estimate of drug-likeness (QED) is 0.844. The molecule has 2 aromatic rings. The van der Waals surface area contributed by atoms with Crippen LogP contribution in [0.4, 0.5) is 11.4 Å². The van der Waals surface area contributed by atoms with Crippen LogP contribution >= 0.6 is 0 Å². The number of carboxylic acids is 1. The summed E-state index contributed by atoms with van der Waals surface area (Å²) >= 11 is 0. The van der Waals surface area contributed by atoms with Crippen molar-refractivity contribution in [2.24, 2.45) is 0 Å². The summed E-state index contributed by atoms with van der Waals surface area (Å²) in [5.74, 6) is -0.671. The van der Waals surface area contributed by atoms with Gasteiger partial charge in [-0.25, -0.2) is 4.79 Å². The van der Waals surface area contributed by atoms with E-state index in [0.717, 1.165) is 0 Å². The van der Waals surface area contributed by atoms with E-state index in [1.54, 1.807) is 36.4 Å². The molecule has 0 aromatic heterocycles. The number of hydrogen-bond acceptors (Lipinski definition) is 4. The average molecular weight is 298 g/mol. The molecule has 0 radical (unpaired) electrons. The molecule has 1 heterocycles. The molecule has 0 fully saturated rings. The highest BCUT2D eigenvalue weighted by Crippen LogP contribution is 2.37. The predicted molar refractivity (Wildman–Crippen MR) is 80.9 cm³/mol. The maximum atomic E-state index is 12.2. The monoisotopic (exact) mass is 298 g/mol. The van der Waals surface area contributed by atoms with E-state index in [2.05, 4.69) is 0 Å². The minimum atomic E-state index is -1.00. The summed E-state index contributed by atoms with van der Waals surface area (Å²) in [4.78, 5) is 24.7. The van der Waals surface area contributed by atoms with Crippen molar-refractivity contribution < 1.29 is 19.4 Å².